The molecule has 0 bridgehead atoms. The first-order valence-electron chi connectivity index (χ1n) is 10.3. The third-order valence-electron chi connectivity index (χ3n) is 5.39. The summed E-state index contributed by atoms with van der Waals surface area (Å²) in [5.74, 6) is -2.17. The number of esters is 1. The molecule has 1 aromatic rings. The first-order chi connectivity index (χ1) is 14.4. The van der Waals surface area contributed by atoms with E-state index in [0.717, 1.165) is 4.90 Å². The van der Waals surface area contributed by atoms with Crippen LogP contribution in [0, 0.1) is 17.8 Å². The second-order valence-electron chi connectivity index (χ2n) is 8.01. The molecule has 1 N–H and O–H groups in total. The second-order valence-corrected chi connectivity index (χ2v) is 8.01. The van der Waals surface area contributed by atoms with E-state index in [9.17, 15) is 19.2 Å². The highest BCUT2D eigenvalue weighted by molar-refractivity contribution is 6.08. The highest BCUT2D eigenvalue weighted by Gasteiger charge is 2.51. The molecule has 0 spiro atoms. The summed E-state index contributed by atoms with van der Waals surface area (Å²) in [5, 5.41) is 2.66. The summed E-state index contributed by atoms with van der Waals surface area (Å²) in [6.07, 6.45) is 8.25. The van der Waals surface area contributed by atoms with E-state index in [1.54, 1.807) is 12.1 Å². The smallest absolute Gasteiger partial charge is 0.329 e. The first kappa shape index (κ1) is 21.7. The predicted octanol–water partition coefficient (Wildman–Crippen LogP) is 1.72. The van der Waals surface area contributed by atoms with Crippen LogP contribution in [-0.4, -0.2) is 52.8 Å². The number of rotatable bonds is 8. The topological polar surface area (TPSA) is 106 Å². The van der Waals surface area contributed by atoms with Crippen LogP contribution >= 0.6 is 0 Å². The number of allylic oxidation sites excluding steroid dienone is 2. The number of pyridine rings is 1. The van der Waals surface area contributed by atoms with Gasteiger partial charge in [0.25, 0.3) is 5.91 Å². The highest BCUT2D eigenvalue weighted by atomic mass is 16.5. The Hall–Kier alpha value is -3.03. The fourth-order valence-electron chi connectivity index (χ4n) is 3.90. The molecule has 2 heterocycles. The van der Waals surface area contributed by atoms with Crippen molar-refractivity contribution in [3.63, 3.8) is 0 Å². The van der Waals surface area contributed by atoms with E-state index < -0.39 is 12.0 Å². The summed E-state index contributed by atoms with van der Waals surface area (Å²) in [4.78, 5) is 55.5. The molecule has 1 fully saturated rings. The fraction of sp³-hybridized carbons (Fsp3) is 0.500. The number of ether oxygens (including phenoxy) is 1. The zero-order valence-corrected chi connectivity index (χ0v) is 17.2. The Morgan fingerprint density at radius 2 is 1.73 bits per heavy atom. The molecule has 8 nitrogen and oxygen atoms in total. The zero-order chi connectivity index (χ0) is 21.7. The van der Waals surface area contributed by atoms with Crippen LogP contribution in [0.2, 0.25) is 0 Å². The highest BCUT2D eigenvalue weighted by Crippen LogP contribution is 2.37. The molecule has 0 unspecified atom stereocenters. The molecule has 2 aliphatic rings. The van der Waals surface area contributed by atoms with Gasteiger partial charge in [0, 0.05) is 18.0 Å². The van der Waals surface area contributed by atoms with E-state index in [2.05, 4.69) is 10.3 Å². The molecule has 0 radical (unpaired) electrons. The third kappa shape index (κ3) is 4.75. The van der Waals surface area contributed by atoms with Crippen molar-refractivity contribution >= 4 is 23.7 Å². The minimum atomic E-state index is -0.938. The normalized spacial score (nSPS) is 21.5. The number of fused-ring (bicyclic) bond motifs is 1. The second kappa shape index (κ2) is 9.65. The van der Waals surface area contributed by atoms with Crippen LogP contribution in [0.1, 0.15) is 43.5 Å². The van der Waals surface area contributed by atoms with Gasteiger partial charge in [-0.3, -0.25) is 24.3 Å². The van der Waals surface area contributed by atoms with Crippen LogP contribution in [0.5, 0.6) is 0 Å². The Morgan fingerprint density at radius 3 is 2.30 bits per heavy atom. The van der Waals surface area contributed by atoms with Gasteiger partial charge in [-0.05, 0) is 37.3 Å². The molecular weight excluding hydrogens is 386 g/mol. The van der Waals surface area contributed by atoms with Gasteiger partial charge in [0.15, 0.2) is 0 Å². The van der Waals surface area contributed by atoms with Crippen molar-refractivity contribution in [2.45, 2.75) is 39.2 Å². The maximum Gasteiger partial charge on any atom is 0.329 e. The molecule has 3 atom stereocenters. The molecule has 1 aliphatic carbocycles. The molecule has 160 valence electrons. The quantitative estimate of drug-likeness (QED) is 0.301. The average molecular weight is 413 g/mol. The molecule has 3 rings (SSSR count). The number of hydrogen-bond donors (Lipinski definition) is 1. The van der Waals surface area contributed by atoms with Crippen LogP contribution in [0.15, 0.2) is 36.7 Å². The van der Waals surface area contributed by atoms with Gasteiger partial charge < -0.3 is 10.1 Å². The molecule has 30 heavy (non-hydrogen) atoms. The van der Waals surface area contributed by atoms with Gasteiger partial charge in [0.1, 0.15) is 12.6 Å². The third-order valence-corrected chi connectivity index (χ3v) is 5.39. The summed E-state index contributed by atoms with van der Waals surface area (Å²) in [5.41, 5.74) is 0.457. The zero-order valence-electron chi connectivity index (χ0n) is 17.2. The monoisotopic (exact) mass is 413 g/mol. The Morgan fingerprint density at radius 1 is 1.13 bits per heavy atom. The van der Waals surface area contributed by atoms with Crippen molar-refractivity contribution in [1.82, 2.24) is 15.2 Å². The van der Waals surface area contributed by atoms with E-state index >= 15 is 0 Å². The number of amides is 3. The lowest BCUT2D eigenvalue weighted by atomic mass is 9.85. The summed E-state index contributed by atoms with van der Waals surface area (Å²) < 4.78 is 5.33. The van der Waals surface area contributed by atoms with Crippen LogP contribution in [0.3, 0.4) is 0 Å². The number of nitrogens with one attached hydrogen (secondary N) is 1. The van der Waals surface area contributed by atoms with E-state index in [1.165, 1.54) is 12.4 Å². The minimum Gasteiger partial charge on any atom is -0.462 e. The number of carbonyl (C=O) groups is 4. The van der Waals surface area contributed by atoms with E-state index in [1.807, 2.05) is 26.0 Å². The van der Waals surface area contributed by atoms with E-state index in [4.69, 9.17) is 4.74 Å². The van der Waals surface area contributed by atoms with Gasteiger partial charge in [-0.15, -0.1) is 0 Å². The number of imide groups is 1. The lowest BCUT2D eigenvalue weighted by Gasteiger charge is -2.26. The summed E-state index contributed by atoms with van der Waals surface area (Å²) >= 11 is 0. The van der Waals surface area contributed by atoms with Gasteiger partial charge in [-0.25, -0.2) is 4.79 Å². The van der Waals surface area contributed by atoms with Crippen molar-refractivity contribution in [3.05, 3.63) is 42.2 Å². The molecule has 1 aliphatic heterocycles. The SMILES string of the molecule is CC(C)C[C@H](C(=O)OCCNC(=O)c1ccncc1)N1C(=O)[C@H]2CC=CC[C@@H]2C1=O. The Labute approximate surface area is 175 Å². The van der Waals surface area contributed by atoms with Crippen molar-refractivity contribution in [2.75, 3.05) is 13.2 Å². The number of carbonyl (C=O) groups excluding carboxylic acids is 4. The predicted molar refractivity (Wildman–Crippen MR) is 108 cm³/mol. The van der Waals surface area contributed by atoms with Gasteiger partial charge in [-0.1, -0.05) is 26.0 Å². The minimum absolute atomic E-state index is 0.0467. The lowest BCUT2D eigenvalue weighted by Crippen LogP contribution is -2.47. The maximum absolute atomic E-state index is 12.9. The van der Waals surface area contributed by atoms with E-state index in [0.29, 0.717) is 24.8 Å². The molecule has 8 heteroatoms. The fourth-order valence-corrected chi connectivity index (χ4v) is 3.90. The molecule has 1 saturated heterocycles. The number of likely N-dealkylation sites (tertiary alicyclic amines) is 1. The Balaban J connectivity index is 1.58. The van der Waals surface area contributed by atoms with Gasteiger partial charge in [-0.2, -0.15) is 0 Å². The molecule has 1 aromatic heterocycles. The number of hydrogen-bond acceptors (Lipinski definition) is 6. The van der Waals surface area contributed by atoms with Crippen molar-refractivity contribution in [3.8, 4) is 0 Å². The van der Waals surface area contributed by atoms with Gasteiger partial charge in [0.05, 0.1) is 18.4 Å². The Bertz CT molecular complexity index is 810. The molecule has 0 saturated carbocycles. The van der Waals surface area contributed by atoms with Crippen molar-refractivity contribution in [1.29, 1.82) is 0 Å². The number of nitrogens with zero attached hydrogens (tertiary/aromatic N) is 2. The van der Waals surface area contributed by atoms with Crippen LogP contribution in [0.4, 0.5) is 0 Å². The van der Waals surface area contributed by atoms with Crippen LogP contribution in [-0.2, 0) is 19.1 Å². The molecule has 3 amide bonds. The standard InChI is InChI=1S/C22H27N3O5/c1-14(2)13-18(25-20(27)16-5-3-4-6-17(16)21(25)28)22(29)30-12-11-24-19(26)15-7-9-23-10-8-15/h3-4,7-10,14,16-18H,5-6,11-13H2,1-2H3,(H,24,26)/t16-,17-,18+/m0/s1. The lowest BCUT2D eigenvalue weighted by molar-refractivity contribution is -0.159. The summed E-state index contributed by atoms with van der Waals surface area (Å²) in [6.45, 7) is 3.93. The molecular formula is C22H27N3O5. The summed E-state index contributed by atoms with van der Waals surface area (Å²) in [7, 11) is 0. The maximum atomic E-state index is 12.9. The van der Waals surface area contributed by atoms with Gasteiger partial charge in [0.2, 0.25) is 11.8 Å². The van der Waals surface area contributed by atoms with Crippen molar-refractivity contribution in [2.24, 2.45) is 17.8 Å². The van der Waals surface area contributed by atoms with Crippen molar-refractivity contribution < 1.29 is 23.9 Å². The first-order valence-corrected chi connectivity index (χ1v) is 10.3. The average Bonchev–Trinajstić information content (AvgIpc) is 3.00. The summed E-state index contributed by atoms with van der Waals surface area (Å²) in [6, 6.07) is 2.23. The van der Waals surface area contributed by atoms with Gasteiger partial charge >= 0.3 is 5.97 Å². The molecule has 0 aromatic carbocycles. The van der Waals surface area contributed by atoms with E-state index in [-0.39, 0.29) is 48.6 Å². The number of aromatic nitrogens is 1. The van der Waals surface area contributed by atoms with Crippen LogP contribution < -0.4 is 5.32 Å². The Kier molecular flexibility index (Phi) is 6.97. The van der Waals surface area contributed by atoms with Crippen LogP contribution in [0.25, 0.3) is 0 Å². The largest absolute Gasteiger partial charge is 0.462 e.